The van der Waals surface area contributed by atoms with E-state index in [4.69, 9.17) is 28.7 Å². The molecule has 1 aliphatic heterocycles. The number of hydrogen-bond acceptors (Lipinski definition) is 20. The SMILES string of the molecule is CC(=O)N[C@H]1CSSCC(C(N)=O)NC(=O)[C@H](C)NC(=O)C(CCC(N)=O)NC(=O)[C@H](CO)NC(=O)[C@H](C)NC(=O)[C@H](CCCN=C(N)N)NC(=O)C(Cc2c[nH]c3ccccc23)NC(=O)[C@H](CO)NC(=O)[C@H](CCC(N)=O)NC(=O)C(Cc2ccc(O)cc2)NC1=O. The smallest absolute Gasteiger partial charge is 0.245 e. The first-order valence-electron chi connectivity index (χ1n) is 29.0. The van der Waals surface area contributed by atoms with Crippen LogP contribution in [0.15, 0.2) is 59.7 Å². The predicted molar refractivity (Wildman–Crippen MR) is 337 cm³/mol. The van der Waals surface area contributed by atoms with E-state index >= 15 is 0 Å². The van der Waals surface area contributed by atoms with Crippen molar-refractivity contribution in [3.05, 3.63) is 65.9 Å². The van der Waals surface area contributed by atoms with E-state index in [1.165, 1.54) is 38.1 Å². The zero-order chi connectivity index (χ0) is 69.1. The maximum Gasteiger partial charge on any atom is 0.245 e. The van der Waals surface area contributed by atoms with E-state index in [0.717, 1.165) is 28.5 Å². The van der Waals surface area contributed by atoms with Crippen molar-refractivity contribution in [2.75, 3.05) is 31.3 Å². The van der Waals surface area contributed by atoms with Gasteiger partial charge in [0, 0.05) is 67.8 Å². The number of hydrogen-bond donors (Lipinski definition) is 20. The van der Waals surface area contributed by atoms with Crippen molar-refractivity contribution in [3.63, 3.8) is 0 Å². The number of fused-ring (bicyclic) bond motifs is 1. The largest absolute Gasteiger partial charge is 0.508 e. The summed E-state index contributed by atoms with van der Waals surface area (Å²) in [6.07, 6.45) is -1.38. The molecule has 35 nitrogen and oxygen atoms in total. The van der Waals surface area contributed by atoms with Crippen molar-refractivity contribution < 1.29 is 82.4 Å². The summed E-state index contributed by atoms with van der Waals surface area (Å²) in [4.78, 5) is 197. The van der Waals surface area contributed by atoms with Gasteiger partial charge in [-0.3, -0.25) is 72.1 Å². The third-order valence-electron chi connectivity index (χ3n) is 14.0. The fourth-order valence-corrected chi connectivity index (χ4v) is 11.3. The molecule has 37 heteroatoms. The van der Waals surface area contributed by atoms with Crippen LogP contribution < -0.4 is 87.2 Å². The number of phenolic OH excluding ortho intramolecular Hbond substituents is 1. The molecule has 0 spiro atoms. The number of carbonyl (C=O) groups is 14. The Balaban J connectivity index is 1.81. The van der Waals surface area contributed by atoms with Crippen molar-refractivity contribution in [2.45, 2.75) is 139 Å². The zero-order valence-electron chi connectivity index (χ0n) is 50.9. The zero-order valence-corrected chi connectivity index (χ0v) is 52.6. The predicted octanol–water partition coefficient (Wildman–Crippen LogP) is -7.50. The van der Waals surface area contributed by atoms with Gasteiger partial charge < -0.3 is 107 Å². The highest BCUT2D eigenvalue weighted by Crippen LogP contribution is 2.24. The molecule has 0 bridgehead atoms. The molecule has 0 aliphatic carbocycles. The molecule has 1 fully saturated rings. The normalized spacial score (nSPS) is 24.4. The van der Waals surface area contributed by atoms with Gasteiger partial charge in [0.05, 0.1) is 13.2 Å². The average molecular weight is 1340 g/mol. The first-order valence-corrected chi connectivity index (χ1v) is 31.5. The second-order valence-electron chi connectivity index (χ2n) is 21.4. The number of aromatic hydroxyl groups is 1. The van der Waals surface area contributed by atoms with Gasteiger partial charge in [0.15, 0.2) is 5.96 Å². The van der Waals surface area contributed by atoms with E-state index < -0.39 is 188 Å². The number of nitrogens with one attached hydrogen (secondary N) is 12. The first kappa shape index (κ1) is 75.7. The number of carbonyl (C=O) groups excluding carboxylic acids is 14. The summed E-state index contributed by atoms with van der Waals surface area (Å²) in [6.45, 7) is 1.13. The third kappa shape index (κ3) is 25.5. The number of nitrogens with two attached hydrogens (primary N) is 5. The lowest BCUT2D eigenvalue weighted by Gasteiger charge is -2.27. The number of aromatic nitrogens is 1. The summed E-state index contributed by atoms with van der Waals surface area (Å²) in [5, 5.41) is 58.1. The van der Waals surface area contributed by atoms with Crippen LogP contribution in [0.1, 0.15) is 70.4 Å². The molecule has 1 saturated heterocycles. The summed E-state index contributed by atoms with van der Waals surface area (Å²) in [6, 6.07) is -5.67. The van der Waals surface area contributed by atoms with E-state index in [-0.39, 0.29) is 55.4 Å². The first-order chi connectivity index (χ1) is 44.0. The number of aliphatic hydroxyl groups excluding tert-OH is 2. The molecule has 1 aliphatic rings. The van der Waals surface area contributed by atoms with Crippen molar-refractivity contribution in [2.24, 2.45) is 33.7 Å². The van der Waals surface area contributed by atoms with Crippen LogP contribution in [0.5, 0.6) is 5.75 Å². The van der Waals surface area contributed by atoms with E-state index in [9.17, 15) is 82.4 Å². The van der Waals surface area contributed by atoms with E-state index in [1.807, 2.05) is 0 Å². The number of H-pyrrole nitrogens is 1. The van der Waals surface area contributed by atoms with Crippen molar-refractivity contribution in [1.29, 1.82) is 0 Å². The van der Waals surface area contributed by atoms with Gasteiger partial charge in [-0.25, -0.2) is 0 Å². The minimum absolute atomic E-state index is 0.0107. The standard InChI is InChI=1S/C56H80N18O17S2/c1-26-46(82)72-39(22-75)53(89)69-35(14-16-43(57)79)49(85)65-27(2)47(83)74-41(45(59)81)24-92-93-25-42(66-28(3)77)55(91)70-37(19-29-10-12-31(78)13-11-29)51(87)68-36(15-17-44(58)80)50(86)73-40(23-76)54(90)71-38(20-30-21-63-33-8-5-4-7-32(30)33)52(88)67-34(48(84)64-26)9-6-18-62-56(60)61/h4-5,7-8,10-13,21,26-27,34-42,63,75-76,78H,6,9,14-20,22-25H2,1-3H3,(H2,57,79)(H2,58,80)(H2,59,81)(H,64,84)(H,65,85)(H,66,77)(H,67,88)(H,68,87)(H,69,89)(H,70,91)(H,71,90)(H,72,82)(H,73,86)(H,74,83)(H4,60,61,62)/t26-,27-,34-,35?,36-,37?,38?,39-,40-,41?,42-/m0/s1. The van der Waals surface area contributed by atoms with Crippen LogP contribution in [0.4, 0.5) is 0 Å². The highest BCUT2D eigenvalue weighted by molar-refractivity contribution is 8.76. The Hall–Kier alpha value is -9.75. The fourth-order valence-electron chi connectivity index (χ4n) is 8.92. The van der Waals surface area contributed by atoms with Crippen LogP contribution in [-0.4, -0.2) is 207 Å². The number of para-hydroxylation sites is 1. The monoisotopic (exact) mass is 1340 g/mol. The number of aliphatic imine (C=N–C) groups is 1. The molecule has 93 heavy (non-hydrogen) atoms. The molecule has 3 aromatic rings. The number of phenols is 1. The average Bonchev–Trinajstić information content (AvgIpc) is 1.87. The Morgan fingerprint density at radius 3 is 1.49 bits per heavy atom. The Morgan fingerprint density at radius 1 is 0.538 bits per heavy atom. The quantitative estimate of drug-likeness (QED) is 0.0243. The molecule has 25 N–H and O–H groups in total. The molecule has 1 aromatic heterocycles. The van der Waals surface area contributed by atoms with Gasteiger partial charge in [-0.15, -0.1) is 0 Å². The number of primary amides is 3. The number of amides is 14. The van der Waals surface area contributed by atoms with Crippen LogP contribution in [-0.2, 0) is 80.0 Å². The summed E-state index contributed by atoms with van der Waals surface area (Å²) in [5.74, 6) is -15.5. The number of rotatable bonds is 18. The lowest BCUT2D eigenvalue weighted by atomic mass is 10.0. The minimum atomic E-state index is -1.92. The summed E-state index contributed by atoms with van der Waals surface area (Å²) >= 11 is 0. The molecule has 4 unspecified atom stereocenters. The molecule has 508 valence electrons. The van der Waals surface area contributed by atoms with Crippen molar-refractivity contribution in [1.82, 2.24) is 63.5 Å². The van der Waals surface area contributed by atoms with Crippen molar-refractivity contribution >= 4 is 121 Å². The fraction of sp³-hybridized carbons (Fsp3) is 0.482. The van der Waals surface area contributed by atoms with Gasteiger partial charge in [0.25, 0.3) is 0 Å². The molecule has 4 rings (SSSR count). The summed E-state index contributed by atoms with van der Waals surface area (Å²) in [5.41, 5.74) is 28.9. The number of guanidine groups is 1. The van der Waals surface area contributed by atoms with Crippen LogP contribution in [0.25, 0.3) is 10.9 Å². The van der Waals surface area contributed by atoms with Gasteiger partial charge in [-0.2, -0.15) is 0 Å². The van der Waals surface area contributed by atoms with Gasteiger partial charge in [0.2, 0.25) is 82.7 Å². The van der Waals surface area contributed by atoms with Crippen molar-refractivity contribution in [3.8, 4) is 5.75 Å². The molecular weight excluding hydrogens is 1260 g/mol. The van der Waals surface area contributed by atoms with E-state index in [1.54, 1.807) is 30.5 Å². The Kier molecular flexibility index (Phi) is 30.6. The molecule has 2 aromatic carbocycles. The lowest BCUT2D eigenvalue weighted by Crippen LogP contribution is -2.61. The molecule has 14 amide bonds. The second kappa shape index (κ2) is 37.6. The maximum atomic E-state index is 14.7. The Bertz CT molecular complexity index is 3220. The van der Waals surface area contributed by atoms with Gasteiger partial charge >= 0.3 is 0 Å². The third-order valence-corrected chi connectivity index (χ3v) is 16.4. The van der Waals surface area contributed by atoms with Crippen LogP contribution in [0, 0.1) is 0 Å². The van der Waals surface area contributed by atoms with Gasteiger partial charge in [-0.05, 0) is 68.9 Å². The molecular formula is C56H80N18O17S2. The highest BCUT2D eigenvalue weighted by atomic mass is 33.1. The molecule has 0 saturated carbocycles. The molecule has 11 atom stereocenters. The topological polar surface area (TPSA) is 590 Å². The highest BCUT2D eigenvalue weighted by Gasteiger charge is 2.36. The maximum absolute atomic E-state index is 14.7. The van der Waals surface area contributed by atoms with Crippen LogP contribution >= 0.6 is 21.6 Å². The lowest BCUT2D eigenvalue weighted by molar-refractivity contribution is -0.136. The van der Waals surface area contributed by atoms with Crippen LogP contribution in [0.3, 0.4) is 0 Å². The van der Waals surface area contributed by atoms with Crippen LogP contribution in [0.2, 0.25) is 0 Å². The summed E-state index contributed by atoms with van der Waals surface area (Å²) < 4.78 is 0. The number of aliphatic hydroxyl groups is 2. The summed E-state index contributed by atoms with van der Waals surface area (Å²) in [7, 11) is 1.79. The van der Waals surface area contributed by atoms with E-state index in [0.29, 0.717) is 22.0 Å². The van der Waals surface area contributed by atoms with Gasteiger partial charge in [0.1, 0.15) is 72.2 Å². The van der Waals surface area contributed by atoms with Gasteiger partial charge in [-0.1, -0.05) is 51.9 Å². The minimum Gasteiger partial charge on any atom is -0.508 e. The molecule has 2 heterocycles. The molecule has 0 radical (unpaired) electrons. The Morgan fingerprint density at radius 2 is 0.978 bits per heavy atom. The van der Waals surface area contributed by atoms with E-state index in [2.05, 4.69) is 68.5 Å². The second-order valence-corrected chi connectivity index (χ2v) is 24.0. The number of nitrogens with zero attached hydrogens (tertiary/aromatic N) is 1. The Labute approximate surface area is 540 Å². The number of aromatic amines is 1. The number of benzene rings is 2.